The lowest BCUT2D eigenvalue weighted by molar-refractivity contribution is 0.0575. The molecule has 1 aromatic heterocycles. The standard InChI is InChI=1S/C23H28ClN5O/c1-15(2)21(13-25)27-8-10-28(11-9-27)23(30)19-14-26-29(22(19)17-5-6-17)18-7-4-16(3)20(24)12-18/h4,7,12,14-15,17,21H,5-6,8-11H2,1-3H3. The van der Waals surface area contributed by atoms with Crippen LogP contribution in [0.25, 0.3) is 5.69 Å². The molecule has 4 rings (SSSR count). The molecule has 0 spiro atoms. The zero-order valence-corrected chi connectivity index (χ0v) is 18.6. The number of nitriles is 1. The van der Waals surface area contributed by atoms with Gasteiger partial charge >= 0.3 is 0 Å². The Labute approximate surface area is 183 Å². The molecule has 0 radical (unpaired) electrons. The lowest BCUT2D eigenvalue weighted by Gasteiger charge is -2.38. The van der Waals surface area contributed by atoms with Crippen LogP contribution in [0.15, 0.2) is 24.4 Å². The van der Waals surface area contributed by atoms with Crippen molar-refractivity contribution in [1.29, 1.82) is 5.26 Å². The van der Waals surface area contributed by atoms with Gasteiger partial charge in [-0.2, -0.15) is 10.4 Å². The first-order valence-electron chi connectivity index (χ1n) is 10.7. The van der Waals surface area contributed by atoms with Crippen LogP contribution in [0.2, 0.25) is 5.02 Å². The van der Waals surface area contributed by atoms with Gasteiger partial charge < -0.3 is 4.90 Å². The van der Waals surface area contributed by atoms with Crippen molar-refractivity contribution in [2.75, 3.05) is 26.2 Å². The van der Waals surface area contributed by atoms with Crippen molar-refractivity contribution in [1.82, 2.24) is 19.6 Å². The number of hydrogen-bond donors (Lipinski definition) is 0. The Hall–Kier alpha value is -2.36. The van der Waals surface area contributed by atoms with E-state index in [4.69, 9.17) is 11.6 Å². The molecule has 6 nitrogen and oxygen atoms in total. The SMILES string of the molecule is Cc1ccc(-n2ncc(C(=O)N3CCN(C(C#N)C(C)C)CC3)c2C2CC2)cc1Cl. The molecule has 1 unspecified atom stereocenters. The monoisotopic (exact) mass is 425 g/mol. The fraction of sp³-hybridized carbons (Fsp3) is 0.522. The van der Waals surface area contributed by atoms with Crippen LogP contribution in [0, 0.1) is 24.2 Å². The summed E-state index contributed by atoms with van der Waals surface area (Å²) in [4.78, 5) is 17.5. The summed E-state index contributed by atoms with van der Waals surface area (Å²) in [5, 5.41) is 14.7. The normalized spacial score (nSPS) is 18.5. The summed E-state index contributed by atoms with van der Waals surface area (Å²) in [6.45, 7) is 8.83. The Balaban J connectivity index is 1.55. The summed E-state index contributed by atoms with van der Waals surface area (Å²) >= 11 is 6.33. The molecule has 1 atom stereocenters. The predicted molar refractivity (Wildman–Crippen MR) is 117 cm³/mol. The van der Waals surface area contributed by atoms with Gasteiger partial charge in [0.05, 0.1) is 29.2 Å². The van der Waals surface area contributed by atoms with Gasteiger partial charge in [0, 0.05) is 37.1 Å². The first-order valence-corrected chi connectivity index (χ1v) is 11.1. The highest BCUT2D eigenvalue weighted by Gasteiger charge is 2.35. The van der Waals surface area contributed by atoms with Crippen LogP contribution in [-0.2, 0) is 0 Å². The van der Waals surface area contributed by atoms with Crippen LogP contribution >= 0.6 is 11.6 Å². The Morgan fingerprint density at radius 2 is 1.93 bits per heavy atom. The van der Waals surface area contributed by atoms with Crippen molar-refractivity contribution in [2.24, 2.45) is 5.92 Å². The van der Waals surface area contributed by atoms with Crippen molar-refractivity contribution < 1.29 is 4.79 Å². The minimum absolute atomic E-state index is 0.0408. The van der Waals surface area contributed by atoms with Gasteiger partial charge in [0.2, 0.25) is 0 Å². The number of carbonyl (C=O) groups is 1. The second kappa shape index (κ2) is 8.41. The van der Waals surface area contributed by atoms with Gasteiger partial charge in [-0.25, -0.2) is 4.68 Å². The maximum Gasteiger partial charge on any atom is 0.257 e. The van der Waals surface area contributed by atoms with Crippen molar-refractivity contribution in [3.63, 3.8) is 0 Å². The Morgan fingerprint density at radius 3 is 2.50 bits per heavy atom. The van der Waals surface area contributed by atoms with E-state index >= 15 is 0 Å². The van der Waals surface area contributed by atoms with Crippen LogP contribution in [0.4, 0.5) is 0 Å². The van der Waals surface area contributed by atoms with Gasteiger partial charge in [-0.1, -0.05) is 31.5 Å². The summed E-state index contributed by atoms with van der Waals surface area (Å²) in [7, 11) is 0. The molecule has 0 bridgehead atoms. The molecule has 1 aliphatic carbocycles. The van der Waals surface area contributed by atoms with Gasteiger partial charge in [-0.15, -0.1) is 0 Å². The summed E-state index contributed by atoms with van der Waals surface area (Å²) in [5.41, 5.74) is 3.61. The van der Waals surface area contributed by atoms with E-state index in [9.17, 15) is 10.1 Å². The molecule has 30 heavy (non-hydrogen) atoms. The Kier molecular flexibility index (Phi) is 5.86. The number of aryl methyl sites for hydroxylation is 1. The Bertz CT molecular complexity index is 980. The predicted octanol–water partition coefficient (Wildman–Crippen LogP) is 4.02. The fourth-order valence-corrected chi connectivity index (χ4v) is 4.39. The van der Waals surface area contributed by atoms with Gasteiger partial charge in [0.1, 0.15) is 6.04 Å². The number of hydrogen-bond acceptors (Lipinski definition) is 4. The van der Waals surface area contributed by atoms with Crippen molar-refractivity contribution in [3.8, 4) is 11.8 Å². The van der Waals surface area contributed by atoms with E-state index in [-0.39, 0.29) is 17.9 Å². The topological polar surface area (TPSA) is 65.2 Å². The summed E-state index contributed by atoms with van der Waals surface area (Å²) in [6, 6.07) is 8.21. The van der Waals surface area contributed by atoms with E-state index < -0.39 is 0 Å². The van der Waals surface area contributed by atoms with E-state index in [0.29, 0.717) is 29.6 Å². The number of rotatable bonds is 5. The quantitative estimate of drug-likeness (QED) is 0.725. The van der Waals surface area contributed by atoms with Crippen LogP contribution in [0.1, 0.15) is 54.2 Å². The first-order chi connectivity index (χ1) is 14.4. The highest BCUT2D eigenvalue weighted by atomic mass is 35.5. The third kappa shape index (κ3) is 3.97. The second-order valence-corrected chi connectivity index (χ2v) is 9.12. The highest BCUT2D eigenvalue weighted by molar-refractivity contribution is 6.31. The lowest BCUT2D eigenvalue weighted by Crippen LogP contribution is -2.52. The number of benzene rings is 1. The number of piperazine rings is 1. The molecule has 158 valence electrons. The van der Waals surface area contributed by atoms with E-state index in [1.807, 2.05) is 34.7 Å². The zero-order valence-electron chi connectivity index (χ0n) is 17.8. The molecule has 2 aliphatic rings. The van der Waals surface area contributed by atoms with E-state index in [1.165, 1.54) is 0 Å². The van der Waals surface area contributed by atoms with Crippen molar-refractivity contribution in [3.05, 3.63) is 46.2 Å². The highest BCUT2D eigenvalue weighted by Crippen LogP contribution is 2.43. The minimum atomic E-state index is -0.0988. The number of amides is 1. The molecular formula is C23H28ClN5O. The van der Waals surface area contributed by atoms with Crippen LogP contribution in [-0.4, -0.2) is 57.7 Å². The molecule has 1 saturated carbocycles. The average Bonchev–Trinajstić information content (AvgIpc) is 3.48. The fourth-order valence-electron chi connectivity index (χ4n) is 4.22. The summed E-state index contributed by atoms with van der Waals surface area (Å²) in [5.74, 6) is 0.689. The third-order valence-corrected chi connectivity index (χ3v) is 6.57. The van der Waals surface area contributed by atoms with Crippen LogP contribution < -0.4 is 0 Å². The number of carbonyl (C=O) groups excluding carboxylic acids is 1. The van der Waals surface area contributed by atoms with Gasteiger partial charge in [0.15, 0.2) is 0 Å². The average molecular weight is 426 g/mol. The minimum Gasteiger partial charge on any atom is -0.336 e. The zero-order chi connectivity index (χ0) is 21.4. The van der Waals surface area contributed by atoms with Crippen molar-refractivity contribution >= 4 is 17.5 Å². The lowest BCUT2D eigenvalue weighted by atomic mass is 10.0. The molecule has 7 heteroatoms. The van der Waals surface area contributed by atoms with Gasteiger partial charge in [0.25, 0.3) is 5.91 Å². The molecule has 2 aromatic rings. The number of halogens is 1. The molecule has 1 aliphatic heterocycles. The molecule has 0 N–H and O–H groups in total. The molecule has 2 fully saturated rings. The summed E-state index contributed by atoms with van der Waals surface area (Å²) < 4.78 is 1.89. The smallest absolute Gasteiger partial charge is 0.257 e. The van der Waals surface area contributed by atoms with Gasteiger partial charge in [-0.3, -0.25) is 9.69 Å². The third-order valence-electron chi connectivity index (χ3n) is 6.16. The molecular weight excluding hydrogens is 398 g/mol. The summed E-state index contributed by atoms with van der Waals surface area (Å²) in [6.07, 6.45) is 3.87. The maximum atomic E-state index is 13.4. The molecule has 1 amide bonds. The molecule has 1 aromatic carbocycles. The number of nitrogens with zero attached hydrogens (tertiary/aromatic N) is 5. The largest absolute Gasteiger partial charge is 0.336 e. The van der Waals surface area contributed by atoms with Gasteiger partial charge in [-0.05, 0) is 43.4 Å². The van der Waals surface area contributed by atoms with E-state index in [2.05, 4.69) is 29.9 Å². The van der Waals surface area contributed by atoms with E-state index in [1.54, 1.807) is 6.20 Å². The molecule has 2 heterocycles. The van der Waals surface area contributed by atoms with Crippen LogP contribution in [0.3, 0.4) is 0 Å². The maximum absolute atomic E-state index is 13.4. The molecule has 1 saturated heterocycles. The van der Waals surface area contributed by atoms with Crippen LogP contribution in [0.5, 0.6) is 0 Å². The Morgan fingerprint density at radius 1 is 1.23 bits per heavy atom. The first kappa shape index (κ1) is 20.9. The second-order valence-electron chi connectivity index (χ2n) is 8.71. The van der Waals surface area contributed by atoms with E-state index in [0.717, 1.165) is 42.9 Å². The van der Waals surface area contributed by atoms with Crippen molar-refractivity contribution in [2.45, 2.75) is 45.6 Å². The number of aromatic nitrogens is 2.